The average molecular weight is 268 g/mol. The van der Waals surface area contributed by atoms with Crippen LogP contribution >= 0.6 is 11.8 Å². The zero-order valence-corrected chi connectivity index (χ0v) is 10.9. The lowest BCUT2D eigenvalue weighted by molar-refractivity contribution is -0.169. The van der Waals surface area contributed by atoms with Crippen molar-refractivity contribution in [2.45, 2.75) is 6.04 Å². The van der Waals surface area contributed by atoms with E-state index >= 15 is 0 Å². The van der Waals surface area contributed by atoms with E-state index < -0.39 is 6.04 Å². The maximum absolute atomic E-state index is 12.8. The number of likely N-dealkylation sites (N-methyl/N-ethyl adjacent to an activating group) is 1. The van der Waals surface area contributed by atoms with E-state index in [9.17, 15) is 9.18 Å². The molecule has 0 aromatic heterocycles. The third-order valence-corrected chi connectivity index (χ3v) is 3.71. The fourth-order valence-corrected chi connectivity index (χ4v) is 2.59. The third-order valence-electron chi connectivity index (χ3n) is 2.61. The highest BCUT2D eigenvalue weighted by Gasteiger charge is 2.28. The van der Waals surface area contributed by atoms with Gasteiger partial charge in [0.1, 0.15) is 11.9 Å². The summed E-state index contributed by atoms with van der Waals surface area (Å²) >= 11 is 1.49. The molecule has 1 aliphatic heterocycles. The number of carbonyl (C=O) groups is 1. The van der Waals surface area contributed by atoms with E-state index in [4.69, 9.17) is 4.84 Å². The largest absolute Gasteiger partial charge is 0.274 e. The molecule has 0 saturated carbocycles. The van der Waals surface area contributed by atoms with E-state index in [2.05, 4.69) is 4.99 Å². The van der Waals surface area contributed by atoms with Crippen LogP contribution in [0.1, 0.15) is 5.56 Å². The summed E-state index contributed by atoms with van der Waals surface area (Å²) in [5, 5.41) is 1.93. The molecule has 1 amide bonds. The van der Waals surface area contributed by atoms with Gasteiger partial charge in [-0.25, -0.2) is 9.45 Å². The molecular formula is C12H13FN2O2S. The van der Waals surface area contributed by atoms with Gasteiger partial charge in [0.25, 0.3) is 5.91 Å². The second kappa shape index (κ2) is 5.49. The van der Waals surface area contributed by atoms with Gasteiger partial charge in [0.05, 0.1) is 12.2 Å². The Hall–Kier alpha value is -1.40. The van der Waals surface area contributed by atoms with E-state index in [0.717, 1.165) is 10.6 Å². The fraction of sp³-hybridized carbons (Fsp3) is 0.333. The molecule has 1 aromatic carbocycles. The maximum Gasteiger partial charge on any atom is 0.271 e. The number of amides is 1. The summed E-state index contributed by atoms with van der Waals surface area (Å²) in [5.74, 6) is 0.121. The Balaban J connectivity index is 2.13. The van der Waals surface area contributed by atoms with Gasteiger partial charge in [-0.15, -0.1) is 11.8 Å². The SMILES string of the molecule is CON(C)C(=O)[C@@H]1CSC(c2ccc(F)cc2)=N1. The summed E-state index contributed by atoms with van der Waals surface area (Å²) in [7, 11) is 2.99. The molecule has 6 heteroatoms. The molecule has 0 fully saturated rings. The molecule has 0 spiro atoms. The first-order valence-electron chi connectivity index (χ1n) is 5.40. The number of nitrogens with zero attached hydrogens (tertiary/aromatic N) is 2. The Morgan fingerprint density at radius 2 is 2.17 bits per heavy atom. The van der Waals surface area contributed by atoms with Crippen LogP contribution in [0.25, 0.3) is 0 Å². The number of rotatable bonds is 3. The van der Waals surface area contributed by atoms with Gasteiger partial charge in [-0.2, -0.15) is 0 Å². The number of hydroxylamine groups is 2. The van der Waals surface area contributed by atoms with Crippen LogP contribution in [0.5, 0.6) is 0 Å². The number of aliphatic imine (C=N–C) groups is 1. The van der Waals surface area contributed by atoms with Crippen LogP contribution < -0.4 is 0 Å². The molecule has 0 bridgehead atoms. The Labute approximate surface area is 109 Å². The van der Waals surface area contributed by atoms with Crippen LogP contribution in [-0.4, -0.2) is 42.0 Å². The smallest absolute Gasteiger partial charge is 0.271 e. The highest BCUT2D eigenvalue weighted by Crippen LogP contribution is 2.24. The first kappa shape index (κ1) is 13.0. The molecule has 0 saturated heterocycles. The minimum Gasteiger partial charge on any atom is -0.274 e. The first-order chi connectivity index (χ1) is 8.61. The van der Waals surface area contributed by atoms with Gasteiger partial charge in [0.2, 0.25) is 0 Å². The number of hydrogen-bond acceptors (Lipinski definition) is 4. The average Bonchev–Trinajstić information content (AvgIpc) is 2.87. The van der Waals surface area contributed by atoms with Crippen molar-refractivity contribution in [3.63, 3.8) is 0 Å². The molecule has 0 radical (unpaired) electrons. The Morgan fingerprint density at radius 1 is 1.50 bits per heavy atom. The lowest BCUT2D eigenvalue weighted by Gasteiger charge is -2.15. The van der Waals surface area contributed by atoms with Crippen molar-refractivity contribution in [2.75, 3.05) is 19.9 Å². The zero-order valence-electron chi connectivity index (χ0n) is 10.1. The molecule has 1 aliphatic rings. The Bertz CT molecular complexity index is 475. The van der Waals surface area contributed by atoms with Gasteiger partial charge in [-0.3, -0.25) is 14.6 Å². The van der Waals surface area contributed by atoms with E-state index in [1.807, 2.05) is 0 Å². The number of benzene rings is 1. The molecule has 1 atom stereocenters. The Kier molecular flexibility index (Phi) is 3.98. The van der Waals surface area contributed by atoms with Crippen LogP contribution in [0.3, 0.4) is 0 Å². The fourth-order valence-electron chi connectivity index (χ4n) is 1.55. The summed E-state index contributed by atoms with van der Waals surface area (Å²) in [6.07, 6.45) is 0. The van der Waals surface area contributed by atoms with Crippen molar-refractivity contribution >= 4 is 22.7 Å². The van der Waals surface area contributed by atoms with Crippen LogP contribution in [0.15, 0.2) is 29.3 Å². The van der Waals surface area contributed by atoms with Gasteiger partial charge in [0.15, 0.2) is 0 Å². The van der Waals surface area contributed by atoms with E-state index in [0.29, 0.717) is 5.75 Å². The predicted molar refractivity (Wildman–Crippen MR) is 69.0 cm³/mol. The van der Waals surface area contributed by atoms with Crippen molar-refractivity contribution in [3.8, 4) is 0 Å². The first-order valence-corrected chi connectivity index (χ1v) is 6.38. The van der Waals surface area contributed by atoms with Crippen molar-refractivity contribution in [1.29, 1.82) is 0 Å². The van der Waals surface area contributed by atoms with Gasteiger partial charge in [0, 0.05) is 18.4 Å². The maximum atomic E-state index is 12.8. The molecule has 18 heavy (non-hydrogen) atoms. The van der Waals surface area contributed by atoms with E-state index in [1.54, 1.807) is 19.2 Å². The molecule has 4 nitrogen and oxygen atoms in total. The molecule has 2 rings (SSSR count). The molecule has 1 aromatic rings. The van der Waals surface area contributed by atoms with Crippen LogP contribution in [0.4, 0.5) is 4.39 Å². The zero-order chi connectivity index (χ0) is 13.1. The summed E-state index contributed by atoms with van der Waals surface area (Å²) in [6.45, 7) is 0. The van der Waals surface area contributed by atoms with Crippen molar-refractivity contribution in [2.24, 2.45) is 4.99 Å². The number of carbonyl (C=O) groups excluding carboxylic acids is 1. The monoisotopic (exact) mass is 268 g/mol. The lowest BCUT2D eigenvalue weighted by Crippen LogP contribution is -2.34. The Morgan fingerprint density at radius 3 is 2.78 bits per heavy atom. The summed E-state index contributed by atoms with van der Waals surface area (Å²) in [6, 6.07) is 5.66. The summed E-state index contributed by atoms with van der Waals surface area (Å²) < 4.78 is 12.8. The number of thioether (sulfide) groups is 1. The van der Waals surface area contributed by atoms with Crippen molar-refractivity contribution in [1.82, 2.24) is 5.06 Å². The molecule has 96 valence electrons. The normalized spacial score (nSPS) is 18.6. The minimum atomic E-state index is -0.431. The van der Waals surface area contributed by atoms with Gasteiger partial charge < -0.3 is 0 Å². The van der Waals surface area contributed by atoms with Crippen LogP contribution in [0.2, 0.25) is 0 Å². The topological polar surface area (TPSA) is 41.9 Å². The second-order valence-corrected chi connectivity index (χ2v) is 4.79. The van der Waals surface area contributed by atoms with E-state index in [1.165, 1.54) is 36.1 Å². The number of hydrogen-bond donors (Lipinski definition) is 0. The highest BCUT2D eigenvalue weighted by atomic mass is 32.2. The van der Waals surface area contributed by atoms with Crippen molar-refractivity contribution in [3.05, 3.63) is 35.6 Å². The van der Waals surface area contributed by atoms with Gasteiger partial charge in [-0.1, -0.05) is 0 Å². The van der Waals surface area contributed by atoms with Crippen LogP contribution in [-0.2, 0) is 9.63 Å². The van der Waals surface area contributed by atoms with Gasteiger partial charge >= 0.3 is 0 Å². The molecule has 0 N–H and O–H groups in total. The summed E-state index contributed by atoms with van der Waals surface area (Å²) in [4.78, 5) is 21.0. The molecule has 0 aliphatic carbocycles. The quantitative estimate of drug-likeness (QED) is 0.784. The number of halogens is 1. The standard InChI is InChI=1S/C12H13FN2O2S/c1-15(17-2)12(16)10-7-18-11(14-10)8-3-5-9(13)6-4-8/h3-6,10H,7H2,1-2H3/t10-/m0/s1. The minimum absolute atomic E-state index is 0.179. The molecule has 0 unspecified atom stereocenters. The molecule has 1 heterocycles. The third kappa shape index (κ3) is 2.70. The lowest BCUT2D eigenvalue weighted by atomic mass is 10.2. The van der Waals surface area contributed by atoms with Gasteiger partial charge in [-0.05, 0) is 24.3 Å². The highest BCUT2D eigenvalue weighted by molar-refractivity contribution is 8.14. The predicted octanol–water partition coefficient (Wildman–Crippen LogP) is 1.71. The molecular weight excluding hydrogens is 255 g/mol. The van der Waals surface area contributed by atoms with Crippen molar-refractivity contribution < 1.29 is 14.0 Å². The summed E-state index contributed by atoms with van der Waals surface area (Å²) in [5.41, 5.74) is 0.830. The van der Waals surface area contributed by atoms with Crippen LogP contribution in [0, 0.1) is 5.82 Å². The van der Waals surface area contributed by atoms with E-state index in [-0.39, 0.29) is 11.7 Å². The second-order valence-electron chi connectivity index (χ2n) is 3.79.